The first-order valence-electron chi connectivity index (χ1n) is 11.8. The highest BCUT2D eigenvalue weighted by atomic mass is 35.5. The predicted molar refractivity (Wildman–Crippen MR) is 149 cm³/mol. The highest BCUT2D eigenvalue weighted by Crippen LogP contribution is 2.43. The van der Waals surface area contributed by atoms with E-state index < -0.39 is 0 Å². The van der Waals surface area contributed by atoms with Crippen LogP contribution < -0.4 is 15.5 Å². The molecule has 0 aliphatic carbocycles. The van der Waals surface area contributed by atoms with E-state index >= 15 is 0 Å². The second-order valence-electron chi connectivity index (χ2n) is 8.94. The summed E-state index contributed by atoms with van der Waals surface area (Å²) in [5.41, 5.74) is 4.39. The number of carbonyl (C=O) groups excluding carboxylic acids is 1. The number of rotatable bonds is 6. The molecular formula is C28H26ClN5OS. The van der Waals surface area contributed by atoms with Gasteiger partial charge in [-0.15, -0.1) is 0 Å². The van der Waals surface area contributed by atoms with Crippen LogP contribution in [0.25, 0.3) is 5.69 Å². The third kappa shape index (κ3) is 4.59. The van der Waals surface area contributed by atoms with Crippen molar-refractivity contribution >= 4 is 46.2 Å². The van der Waals surface area contributed by atoms with E-state index in [-0.39, 0.29) is 23.9 Å². The average molecular weight is 516 g/mol. The number of para-hydroxylation sites is 1. The molecule has 0 radical (unpaired) electrons. The molecule has 3 heterocycles. The summed E-state index contributed by atoms with van der Waals surface area (Å²) in [5, 5.41) is 7.40. The zero-order chi connectivity index (χ0) is 25.2. The number of halogens is 1. The minimum Gasteiger partial charge on any atom is -0.351 e. The number of nitrogens with zero attached hydrogens (tertiary/aromatic N) is 3. The summed E-state index contributed by atoms with van der Waals surface area (Å²) < 4.78 is 2.17. The van der Waals surface area contributed by atoms with Crippen LogP contribution in [0.15, 0.2) is 91.3 Å². The van der Waals surface area contributed by atoms with Crippen molar-refractivity contribution < 1.29 is 4.79 Å². The number of pyridine rings is 1. The standard InChI is InChI=1S/C28H26ClN5OS/c1-18(2)27(35)31-22-14-13-20(17-21(22)29)34-26(25(32-28(34)36)23-11-6-7-15-30-23)24-12-8-16-33(24)19-9-4-3-5-10-19/h3-18,25-26H,1-2H3,(H,31,35)(H,32,36)/t25-,26-/m0/s1. The number of carbonyl (C=O) groups is 1. The van der Waals surface area contributed by atoms with E-state index in [0.717, 1.165) is 22.8 Å². The van der Waals surface area contributed by atoms with Gasteiger partial charge in [-0.25, -0.2) is 0 Å². The molecule has 0 bridgehead atoms. The lowest BCUT2D eigenvalue weighted by atomic mass is 10.0. The van der Waals surface area contributed by atoms with Crippen LogP contribution in [0.3, 0.4) is 0 Å². The number of nitrogens with one attached hydrogen (secondary N) is 2. The van der Waals surface area contributed by atoms with E-state index in [9.17, 15) is 4.79 Å². The zero-order valence-electron chi connectivity index (χ0n) is 19.9. The van der Waals surface area contributed by atoms with Gasteiger partial charge in [-0.05, 0) is 66.8 Å². The van der Waals surface area contributed by atoms with E-state index in [2.05, 4.69) is 49.5 Å². The second-order valence-corrected chi connectivity index (χ2v) is 9.74. The SMILES string of the molecule is CC(C)C(=O)Nc1ccc(N2C(=S)N[C@@H](c3ccccn3)[C@@H]2c2cccn2-c2ccccc2)cc1Cl. The molecule has 0 saturated carbocycles. The Balaban J connectivity index is 1.59. The van der Waals surface area contributed by atoms with E-state index in [4.69, 9.17) is 23.8 Å². The van der Waals surface area contributed by atoms with Gasteiger partial charge in [0.1, 0.15) is 6.04 Å². The highest BCUT2D eigenvalue weighted by Gasteiger charge is 2.42. The van der Waals surface area contributed by atoms with Crippen molar-refractivity contribution in [1.29, 1.82) is 0 Å². The Labute approximate surface area is 220 Å². The Morgan fingerprint density at radius 2 is 1.81 bits per heavy atom. The van der Waals surface area contributed by atoms with Crippen LogP contribution in [0.2, 0.25) is 5.02 Å². The minimum absolute atomic E-state index is 0.0863. The monoisotopic (exact) mass is 515 g/mol. The van der Waals surface area contributed by atoms with Crippen molar-refractivity contribution in [2.45, 2.75) is 25.9 Å². The Morgan fingerprint density at radius 3 is 2.50 bits per heavy atom. The molecule has 2 atom stereocenters. The molecule has 5 rings (SSSR count). The van der Waals surface area contributed by atoms with E-state index in [0.29, 0.717) is 15.8 Å². The molecule has 1 aliphatic heterocycles. The largest absolute Gasteiger partial charge is 0.351 e. The summed E-state index contributed by atoms with van der Waals surface area (Å²) in [6.45, 7) is 3.69. The van der Waals surface area contributed by atoms with Gasteiger partial charge in [0.05, 0.1) is 22.4 Å². The van der Waals surface area contributed by atoms with Crippen LogP contribution in [0.4, 0.5) is 11.4 Å². The lowest BCUT2D eigenvalue weighted by Crippen LogP contribution is -2.30. The molecule has 36 heavy (non-hydrogen) atoms. The summed E-state index contributed by atoms with van der Waals surface area (Å²) in [6.07, 6.45) is 3.84. The molecule has 182 valence electrons. The van der Waals surface area contributed by atoms with Gasteiger partial charge in [-0.3, -0.25) is 9.78 Å². The summed E-state index contributed by atoms with van der Waals surface area (Å²) in [7, 11) is 0. The average Bonchev–Trinajstić information content (AvgIpc) is 3.50. The van der Waals surface area contributed by atoms with Crippen LogP contribution in [0, 0.1) is 5.92 Å². The first-order chi connectivity index (χ1) is 17.4. The van der Waals surface area contributed by atoms with Crippen molar-refractivity contribution in [3.8, 4) is 5.69 Å². The molecule has 1 saturated heterocycles. The summed E-state index contributed by atoms with van der Waals surface area (Å²) >= 11 is 12.5. The molecule has 2 N–H and O–H groups in total. The topological polar surface area (TPSA) is 62.2 Å². The number of aromatic nitrogens is 2. The second kappa shape index (κ2) is 10.1. The maximum Gasteiger partial charge on any atom is 0.226 e. The van der Waals surface area contributed by atoms with Gasteiger partial charge < -0.3 is 20.1 Å². The molecule has 4 aromatic rings. The summed E-state index contributed by atoms with van der Waals surface area (Å²) in [5.74, 6) is -0.234. The van der Waals surface area contributed by atoms with E-state index in [1.54, 1.807) is 6.20 Å². The molecule has 2 aromatic carbocycles. The van der Waals surface area contributed by atoms with E-state index in [1.165, 1.54) is 0 Å². The Bertz CT molecular complexity index is 1390. The zero-order valence-corrected chi connectivity index (χ0v) is 21.5. The molecule has 8 heteroatoms. The smallest absolute Gasteiger partial charge is 0.226 e. The van der Waals surface area contributed by atoms with Gasteiger partial charge >= 0.3 is 0 Å². The molecule has 6 nitrogen and oxygen atoms in total. The van der Waals surface area contributed by atoms with Crippen LogP contribution >= 0.6 is 23.8 Å². The van der Waals surface area contributed by atoms with Gasteiger partial charge in [-0.2, -0.15) is 0 Å². The van der Waals surface area contributed by atoms with Crippen LogP contribution in [-0.4, -0.2) is 20.6 Å². The van der Waals surface area contributed by atoms with Crippen molar-refractivity contribution in [1.82, 2.24) is 14.9 Å². The third-order valence-electron chi connectivity index (χ3n) is 6.23. The number of benzene rings is 2. The fraction of sp³-hybridized carbons (Fsp3) is 0.179. The first kappa shape index (κ1) is 24.0. The number of thiocarbonyl (C=S) groups is 1. The molecule has 1 aliphatic rings. The maximum absolute atomic E-state index is 12.2. The van der Waals surface area contributed by atoms with Gasteiger partial charge in [0.2, 0.25) is 5.91 Å². The van der Waals surface area contributed by atoms with Crippen molar-refractivity contribution in [2.75, 3.05) is 10.2 Å². The maximum atomic E-state index is 12.2. The number of anilines is 2. The molecule has 0 unspecified atom stereocenters. The fourth-order valence-electron chi connectivity index (χ4n) is 4.42. The molecule has 1 amide bonds. The normalized spacial score (nSPS) is 17.3. The minimum atomic E-state index is -0.199. The van der Waals surface area contributed by atoms with Gasteiger partial charge in [-0.1, -0.05) is 49.7 Å². The molecule has 0 spiro atoms. The number of hydrogen-bond acceptors (Lipinski definition) is 3. The summed E-state index contributed by atoms with van der Waals surface area (Å²) in [6, 6.07) is 25.4. The predicted octanol–water partition coefficient (Wildman–Crippen LogP) is 6.30. The Kier molecular flexibility index (Phi) is 6.76. The molecule has 2 aromatic heterocycles. The van der Waals surface area contributed by atoms with Gasteiger partial charge in [0, 0.05) is 35.4 Å². The van der Waals surface area contributed by atoms with Crippen molar-refractivity contribution in [2.24, 2.45) is 5.92 Å². The van der Waals surface area contributed by atoms with Gasteiger partial charge in [0.25, 0.3) is 0 Å². The quantitative estimate of drug-likeness (QED) is 0.295. The number of amides is 1. The van der Waals surface area contributed by atoms with Crippen LogP contribution in [-0.2, 0) is 4.79 Å². The Hall–Kier alpha value is -3.68. The van der Waals surface area contributed by atoms with Crippen molar-refractivity contribution in [3.63, 3.8) is 0 Å². The number of hydrogen-bond donors (Lipinski definition) is 2. The summed E-state index contributed by atoms with van der Waals surface area (Å²) in [4.78, 5) is 18.9. The lowest BCUT2D eigenvalue weighted by molar-refractivity contribution is -0.118. The van der Waals surface area contributed by atoms with Crippen molar-refractivity contribution in [3.05, 3.63) is 108 Å². The molecular weight excluding hydrogens is 490 g/mol. The Morgan fingerprint density at radius 1 is 1.03 bits per heavy atom. The third-order valence-corrected chi connectivity index (χ3v) is 6.86. The van der Waals surface area contributed by atoms with E-state index in [1.807, 2.05) is 74.5 Å². The molecule has 1 fully saturated rings. The van der Waals surface area contributed by atoms with Crippen LogP contribution in [0.1, 0.15) is 37.3 Å². The van der Waals surface area contributed by atoms with Crippen LogP contribution in [0.5, 0.6) is 0 Å². The first-order valence-corrected chi connectivity index (χ1v) is 12.6. The lowest BCUT2D eigenvalue weighted by Gasteiger charge is -2.29. The fourth-order valence-corrected chi connectivity index (χ4v) is 4.99. The van der Waals surface area contributed by atoms with Gasteiger partial charge in [0.15, 0.2) is 5.11 Å². The highest BCUT2D eigenvalue weighted by molar-refractivity contribution is 7.80.